The van der Waals surface area contributed by atoms with E-state index in [9.17, 15) is 9.59 Å². The number of carbonyl (C=O) groups excluding carboxylic acids is 1. The standard InChI is InChI=1S/C13H15N3O4/c1-2-19-11(17)8-15-13(18)16(9-5-6-9)12(14-15)10-4-3-7-20-10/h3-4,7,9H,2,5-6,8H2,1H3. The number of hydrogen-bond donors (Lipinski definition) is 0. The quantitative estimate of drug-likeness (QED) is 0.767. The lowest BCUT2D eigenvalue weighted by Gasteiger charge is -2.00. The van der Waals surface area contributed by atoms with E-state index in [4.69, 9.17) is 9.15 Å². The van der Waals surface area contributed by atoms with Gasteiger partial charge in [0.15, 0.2) is 5.76 Å². The second kappa shape index (κ2) is 4.99. The summed E-state index contributed by atoms with van der Waals surface area (Å²) in [7, 11) is 0. The lowest BCUT2D eigenvalue weighted by molar-refractivity contribution is -0.144. The molecule has 2 heterocycles. The van der Waals surface area contributed by atoms with Crippen molar-refractivity contribution in [2.24, 2.45) is 0 Å². The maximum atomic E-state index is 12.3. The summed E-state index contributed by atoms with van der Waals surface area (Å²) in [6.45, 7) is 1.82. The van der Waals surface area contributed by atoms with E-state index in [0.717, 1.165) is 17.5 Å². The number of aromatic nitrogens is 3. The first-order chi connectivity index (χ1) is 9.70. The summed E-state index contributed by atoms with van der Waals surface area (Å²) in [6, 6.07) is 3.63. The molecule has 2 aromatic heterocycles. The Hall–Kier alpha value is -2.31. The molecule has 7 heteroatoms. The van der Waals surface area contributed by atoms with E-state index in [0.29, 0.717) is 11.6 Å². The molecule has 20 heavy (non-hydrogen) atoms. The summed E-state index contributed by atoms with van der Waals surface area (Å²) in [5.41, 5.74) is -0.299. The minimum absolute atomic E-state index is 0.151. The van der Waals surface area contributed by atoms with Crippen molar-refractivity contribution in [3.63, 3.8) is 0 Å². The first-order valence-corrected chi connectivity index (χ1v) is 6.59. The zero-order valence-corrected chi connectivity index (χ0v) is 11.1. The molecule has 1 aliphatic rings. The van der Waals surface area contributed by atoms with E-state index in [2.05, 4.69) is 5.10 Å². The molecule has 1 aliphatic carbocycles. The maximum absolute atomic E-state index is 12.3. The molecule has 2 aromatic rings. The first-order valence-electron chi connectivity index (χ1n) is 6.59. The van der Waals surface area contributed by atoms with E-state index in [1.165, 1.54) is 6.26 Å². The normalized spacial score (nSPS) is 14.4. The lowest BCUT2D eigenvalue weighted by Crippen LogP contribution is -2.28. The molecule has 0 aromatic carbocycles. The van der Waals surface area contributed by atoms with Crippen LogP contribution in [0.25, 0.3) is 11.6 Å². The van der Waals surface area contributed by atoms with Gasteiger partial charge in [0.25, 0.3) is 0 Å². The van der Waals surface area contributed by atoms with Crippen molar-refractivity contribution < 1.29 is 13.9 Å². The Labute approximate surface area is 114 Å². The van der Waals surface area contributed by atoms with E-state index in [1.807, 2.05) is 0 Å². The van der Waals surface area contributed by atoms with E-state index < -0.39 is 5.97 Å². The molecule has 106 valence electrons. The molecule has 0 radical (unpaired) electrons. The van der Waals surface area contributed by atoms with Crippen LogP contribution in [0.1, 0.15) is 25.8 Å². The van der Waals surface area contributed by atoms with Gasteiger partial charge in [-0.3, -0.25) is 9.36 Å². The zero-order chi connectivity index (χ0) is 14.1. The molecule has 1 fully saturated rings. The van der Waals surface area contributed by atoms with E-state index >= 15 is 0 Å². The number of esters is 1. The summed E-state index contributed by atoms with van der Waals surface area (Å²) in [5, 5.41) is 4.21. The van der Waals surface area contributed by atoms with E-state index in [1.54, 1.807) is 23.6 Å². The third-order valence-corrected chi connectivity index (χ3v) is 3.11. The zero-order valence-electron chi connectivity index (χ0n) is 11.1. The van der Waals surface area contributed by atoms with Crippen LogP contribution in [0.4, 0.5) is 0 Å². The third-order valence-electron chi connectivity index (χ3n) is 3.11. The smallest absolute Gasteiger partial charge is 0.347 e. The molecular weight excluding hydrogens is 262 g/mol. The van der Waals surface area contributed by atoms with E-state index in [-0.39, 0.29) is 24.9 Å². The average Bonchev–Trinajstić information content (AvgIpc) is 3.00. The Balaban J connectivity index is 1.98. The summed E-state index contributed by atoms with van der Waals surface area (Å²) in [6.07, 6.45) is 3.42. The van der Waals surface area contributed by atoms with Gasteiger partial charge in [0.2, 0.25) is 5.82 Å². The van der Waals surface area contributed by atoms with Gasteiger partial charge in [0, 0.05) is 6.04 Å². The van der Waals surface area contributed by atoms with Crippen molar-refractivity contribution in [3.05, 3.63) is 28.9 Å². The van der Waals surface area contributed by atoms with Gasteiger partial charge in [-0.25, -0.2) is 9.48 Å². The van der Waals surface area contributed by atoms with Crippen molar-refractivity contribution >= 4 is 5.97 Å². The van der Waals surface area contributed by atoms with Crippen LogP contribution in [0.15, 0.2) is 27.6 Å². The van der Waals surface area contributed by atoms with Crippen LogP contribution in [0.5, 0.6) is 0 Å². The summed E-state index contributed by atoms with van der Waals surface area (Å²) in [4.78, 5) is 23.8. The van der Waals surface area contributed by atoms with Crippen molar-refractivity contribution in [2.45, 2.75) is 32.4 Å². The average molecular weight is 277 g/mol. The van der Waals surface area contributed by atoms with Gasteiger partial charge in [-0.2, -0.15) is 0 Å². The van der Waals surface area contributed by atoms with Crippen LogP contribution in [-0.2, 0) is 16.1 Å². The molecular formula is C13H15N3O4. The Morgan fingerprint density at radius 2 is 2.35 bits per heavy atom. The van der Waals surface area contributed by atoms with Gasteiger partial charge >= 0.3 is 11.7 Å². The van der Waals surface area contributed by atoms with Crippen molar-refractivity contribution in [1.29, 1.82) is 0 Å². The highest BCUT2D eigenvalue weighted by Crippen LogP contribution is 2.36. The number of furan rings is 1. The minimum Gasteiger partial charge on any atom is -0.465 e. The molecule has 1 saturated carbocycles. The Morgan fingerprint density at radius 3 is 2.95 bits per heavy atom. The highest BCUT2D eigenvalue weighted by molar-refractivity contribution is 5.69. The molecule has 0 spiro atoms. The van der Waals surface area contributed by atoms with Crippen molar-refractivity contribution in [2.75, 3.05) is 6.61 Å². The van der Waals surface area contributed by atoms with Crippen LogP contribution >= 0.6 is 0 Å². The number of nitrogens with zero attached hydrogens (tertiary/aromatic N) is 3. The topological polar surface area (TPSA) is 79.3 Å². The SMILES string of the molecule is CCOC(=O)Cn1nc(-c2ccco2)n(C2CC2)c1=O. The Morgan fingerprint density at radius 1 is 1.55 bits per heavy atom. The fraction of sp³-hybridized carbons (Fsp3) is 0.462. The Bertz CT molecular complexity index is 664. The fourth-order valence-electron chi connectivity index (χ4n) is 2.09. The summed E-state index contributed by atoms with van der Waals surface area (Å²) in [5.74, 6) is 0.518. The number of hydrogen-bond acceptors (Lipinski definition) is 5. The van der Waals surface area contributed by atoms with Crippen LogP contribution in [0.3, 0.4) is 0 Å². The molecule has 7 nitrogen and oxygen atoms in total. The van der Waals surface area contributed by atoms with Gasteiger partial charge in [-0.05, 0) is 31.9 Å². The number of rotatable bonds is 5. The van der Waals surface area contributed by atoms with Crippen LogP contribution in [0.2, 0.25) is 0 Å². The van der Waals surface area contributed by atoms with Gasteiger partial charge in [-0.1, -0.05) is 0 Å². The molecule has 0 bridgehead atoms. The third kappa shape index (κ3) is 2.26. The summed E-state index contributed by atoms with van der Waals surface area (Å²) >= 11 is 0. The molecule has 3 rings (SSSR count). The molecule has 0 unspecified atom stereocenters. The van der Waals surface area contributed by atoms with Gasteiger partial charge < -0.3 is 9.15 Å². The van der Waals surface area contributed by atoms with Crippen LogP contribution in [-0.4, -0.2) is 26.9 Å². The predicted molar refractivity (Wildman–Crippen MR) is 69.1 cm³/mol. The largest absolute Gasteiger partial charge is 0.465 e. The fourth-order valence-corrected chi connectivity index (χ4v) is 2.09. The first kappa shape index (κ1) is 12.7. The molecule has 0 aliphatic heterocycles. The highest BCUT2D eigenvalue weighted by Gasteiger charge is 2.31. The second-order valence-electron chi connectivity index (χ2n) is 4.65. The molecule has 0 atom stereocenters. The van der Waals surface area contributed by atoms with Gasteiger partial charge in [0.1, 0.15) is 6.54 Å². The highest BCUT2D eigenvalue weighted by atomic mass is 16.5. The molecule has 0 N–H and O–H groups in total. The van der Waals surface area contributed by atoms with Crippen LogP contribution in [0, 0.1) is 0 Å². The molecule has 0 saturated heterocycles. The Kier molecular flexibility index (Phi) is 3.17. The maximum Gasteiger partial charge on any atom is 0.347 e. The van der Waals surface area contributed by atoms with Crippen molar-refractivity contribution in [1.82, 2.24) is 14.3 Å². The second-order valence-corrected chi connectivity index (χ2v) is 4.65. The van der Waals surface area contributed by atoms with Gasteiger partial charge in [0.05, 0.1) is 12.9 Å². The summed E-state index contributed by atoms with van der Waals surface area (Å²) < 4.78 is 12.9. The van der Waals surface area contributed by atoms with Gasteiger partial charge in [-0.15, -0.1) is 5.10 Å². The monoisotopic (exact) mass is 277 g/mol. The number of ether oxygens (including phenoxy) is 1. The minimum atomic E-state index is -0.471. The van der Waals surface area contributed by atoms with Crippen molar-refractivity contribution in [3.8, 4) is 11.6 Å². The molecule has 0 amide bonds. The predicted octanol–water partition coefficient (Wildman–Crippen LogP) is 1.20. The lowest BCUT2D eigenvalue weighted by atomic mass is 10.4. The number of carbonyl (C=O) groups is 1. The van der Waals surface area contributed by atoms with Crippen LogP contribution < -0.4 is 5.69 Å².